The number of benzene rings is 12. The van der Waals surface area contributed by atoms with Crippen molar-refractivity contribution in [2.45, 2.75) is 31.6 Å². The molecular formula is C77H56BN3. The van der Waals surface area contributed by atoms with Gasteiger partial charge >= 0.3 is 0 Å². The van der Waals surface area contributed by atoms with E-state index in [0.717, 1.165) is 77.8 Å². The van der Waals surface area contributed by atoms with Gasteiger partial charge in [0.1, 0.15) is 0 Å². The van der Waals surface area contributed by atoms with Gasteiger partial charge in [-0.15, -0.1) is 0 Å². The summed E-state index contributed by atoms with van der Waals surface area (Å²) >= 11 is 0. The first-order valence-electron chi connectivity index (χ1n) is 35.1. The van der Waals surface area contributed by atoms with Gasteiger partial charge in [-0.3, -0.25) is 0 Å². The number of aromatic nitrogens is 2. The quantitative estimate of drug-likeness (QED) is 0.145. The van der Waals surface area contributed by atoms with Crippen molar-refractivity contribution in [1.82, 2.24) is 9.13 Å². The zero-order valence-corrected chi connectivity index (χ0v) is 44.3. The molecule has 4 heteroatoms. The van der Waals surface area contributed by atoms with Crippen LogP contribution in [-0.2, 0) is 10.8 Å². The Hall–Kier alpha value is -9.90. The monoisotopic (exact) mass is 1050 g/mol. The van der Waals surface area contributed by atoms with E-state index in [-0.39, 0.29) is 43.6 Å². The average molecular weight is 1050 g/mol. The first kappa shape index (κ1) is 33.5. The molecule has 0 aliphatic carbocycles. The molecule has 81 heavy (non-hydrogen) atoms. The van der Waals surface area contributed by atoms with E-state index in [1.54, 1.807) is 9.13 Å². The van der Waals surface area contributed by atoms with Gasteiger partial charge in [0, 0.05) is 55.4 Å². The van der Waals surface area contributed by atoms with E-state index in [0.29, 0.717) is 17.1 Å². The van der Waals surface area contributed by atoms with Gasteiger partial charge in [-0.1, -0.05) is 256 Å². The Balaban J connectivity index is 1.13. The summed E-state index contributed by atoms with van der Waals surface area (Å²) in [5.74, 6) is 0. The Kier molecular flexibility index (Phi) is 7.48. The number of hydrogen-bond donors (Lipinski definition) is 0. The van der Waals surface area contributed by atoms with Crippen LogP contribution in [0.1, 0.15) is 70.5 Å². The van der Waals surface area contributed by atoms with Gasteiger partial charge in [0.05, 0.1) is 55.1 Å². The number of nitrogens with zero attached hydrogens (tertiary/aromatic N) is 3. The van der Waals surface area contributed by atoms with E-state index >= 15 is 0 Å². The topological polar surface area (TPSA) is 13.1 Å². The summed E-state index contributed by atoms with van der Waals surface area (Å²) in [5.41, 5.74) is 11.4. The molecule has 0 spiro atoms. The van der Waals surface area contributed by atoms with Gasteiger partial charge in [-0.25, -0.2) is 0 Å². The zero-order chi connectivity index (χ0) is 67.9. The number of rotatable bonds is 7. The molecule has 0 radical (unpaired) electrons. The van der Waals surface area contributed by atoms with Crippen molar-refractivity contribution in [2.24, 2.45) is 0 Å². The van der Waals surface area contributed by atoms with Crippen LogP contribution in [0.15, 0.2) is 285 Å². The SMILES string of the molecule is [2H]c1c([2H])c([2H])c2c(c1[2H])c1c([2H])c([2H])c([2H])c([2H])c1n2-c1ccc2c(c1)N(c1c(-c3ccccc3)cccc1-c1ccccc1)c1cc(C(C)(C)C)cc3c1B2c1ccc(-n2c4c([2H])c([2H])c([2H])c([2H])c4c4c([2H])c([2H])c([2H])c([2H])c42)cc1C3(c1ccccc1)c1ccccc1. The van der Waals surface area contributed by atoms with Crippen LogP contribution in [0.4, 0.5) is 17.1 Å². The molecule has 2 aliphatic rings. The highest BCUT2D eigenvalue weighted by atomic mass is 15.2. The minimum absolute atomic E-state index is 0.0243. The summed E-state index contributed by atoms with van der Waals surface area (Å²) in [5, 5.41) is -0.217. The van der Waals surface area contributed by atoms with Crippen LogP contribution in [0.5, 0.6) is 0 Å². The van der Waals surface area contributed by atoms with E-state index < -0.39 is 114 Å². The molecule has 0 unspecified atom stereocenters. The molecular weight excluding hydrogens is 978 g/mol. The second-order valence-electron chi connectivity index (χ2n) is 22.0. The summed E-state index contributed by atoms with van der Waals surface area (Å²) in [6, 6.07) is 55.3. The van der Waals surface area contributed by atoms with Crippen LogP contribution in [0.2, 0.25) is 0 Å². The van der Waals surface area contributed by atoms with Crippen molar-refractivity contribution < 1.29 is 21.9 Å². The van der Waals surface area contributed by atoms with E-state index in [4.69, 9.17) is 11.0 Å². The lowest BCUT2D eigenvalue weighted by molar-refractivity contribution is 0.587. The predicted molar refractivity (Wildman–Crippen MR) is 342 cm³/mol. The third-order valence-corrected chi connectivity index (χ3v) is 16.7. The average Bonchev–Trinajstić information content (AvgIpc) is 1.30. The predicted octanol–water partition coefficient (Wildman–Crippen LogP) is 17.5. The van der Waals surface area contributed by atoms with E-state index in [1.165, 1.54) is 0 Å². The summed E-state index contributed by atoms with van der Waals surface area (Å²) < 4.78 is 151. The smallest absolute Gasteiger partial charge is 0.247 e. The molecule has 2 aliphatic heterocycles. The number of para-hydroxylation sites is 5. The second kappa shape index (κ2) is 18.1. The standard InChI is InChI=1S/C77H56BN3/c1-76(2,3)55-47-65-74-73(48-55)81(75-58(51-25-8-4-9-26-51)37-24-38-59(75)52-27-10-5-11-28-52)72-50-57(80-70-41-22-18-35-62(70)63-36-19-23-42-71(63)80)44-46-67(72)78(74)66-45-43-56(79-68-39-20-16-33-60(68)61-34-17-21-40-69(61)79)49-64(66)77(65,53-29-12-6-13-30-53)54-31-14-7-15-32-54/h4-50H,1-3H3/i16D,17D,18D,19D,20D,21D,22D,23D,33D,34D,35D,36D,39D,40D,41D,42D. The first-order chi connectivity index (χ1) is 46.5. The van der Waals surface area contributed by atoms with Crippen molar-refractivity contribution in [1.29, 1.82) is 0 Å². The fourth-order valence-corrected chi connectivity index (χ4v) is 13.2. The van der Waals surface area contributed by atoms with Crippen LogP contribution in [0, 0.1) is 0 Å². The highest BCUT2D eigenvalue weighted by molar-refractivity contribution is 6.99. The maximum atomic E-state index is 9.67. The van der Waals surface area contributed by atoms with Crippen LogP contribution < -0.4 is 21.3 Å². The Morgan fingerprint density at radius 3 is 1.30 bits per heavy atom. The van der Waals surface area contributed by atoms with E-state index in [1.807, 2.05) is 109 Å². The molecule has 0 fully saturated rings. The summed E-state index contributed by atoms with van der Waals surface area (Å²) in [6.07, 6.45) is 0. The molecule has 16 rings (SSSR count). The highest BCUT2D eigenvalue weighted by Crippen LogP contribution is 2.54. The van der Waals surface area contributed by atoms with Gasteiger partial charge < -0.3 is 14.0 Å². The normalized spacial score (nSPS) is 16.2. The molecule has 382 valence electrons. The highest BCUT2D eigenvalue weighted by Gasteiger charge is 2.52. The van der Waals surface area contributed by atoms with Crippen LogP contribution >= 0.6 is 0 Å². The number of hydrogen-bond acceptors (Lipinski definition) is 1. The van der Waals surface area contributed by atoms with E-state index in [2.05, 4.69) is 105 Å². The van der Waals surface area contributed by atoms with Gasteiger partial charge in [-0.05, 0) is 110 Å². The molecule has 0 saturated carbocycles. The fourth-order valence-electron chi connectivity index (χ4n) is 13.2. The molecule has 2 aromatic heterocycles. The molecule has 14 aromatic rings. The van der Waals surface area contributed by atoms with Crippen LogP contribution in [0.3, 0.4) is 0 Å². The number of anilines is 3. The van der Waals surface area contributed by atoms with E-state index in [9.17, 15) is 11.0 Å². The van der Waals surface area contributed by atoms with Crippen molar-refractivity contribution in [2.75, 3.05) is 4.90 Å². The first-order valence-corrected chi connectivity index (χ1v) is 27.1. The lowest BCUT2D eigenvalue weighted by Gasteiger charge is -2.49. The molecule has 0 atom stereocenters. The maximum Gasteiger partial charge on any atom is 0.247 e. The van der Waals surface area contributed by atoms with Crippen molar-refractivity contribution in [3.05, 3.63) is 313 Å². The molecule has 3 nitrogen and oxygen atoms in total. The molecule has 0 saturated heterocycles. The summed E-state index contributed by atoms with van der Waals surface area (Å²) in [7, 11) is 0. The van der Waals surface area contributed by atoms with Crippen LogP contribution in [-0.4, -0.2) is 15.8 Å². The fraction of sp³-hybridized carbons (Fsp3) is 0.0649. The molecule has 0 N–H and O–H groups in total. The van der Waals surface area contributed by atoms with Crippen molar-refractivity contribution in [3.8, 4) is 33.6 Å². The van der Waals surface area contributed by atoms with Crippen molar-refractivity contribution >= 4 is 83.8 Å². The zero-order valence-electron chi connectivity index (χ0n) is 60.3. The van der Waals surface area contributed by atoms with Gasteiger partial charge in [0.25, 0.3) is 0 Å². The lowest BCUT2D eigenvalue weighted by Crippen LogP contribution is -2.65. The molecule has 0 bridgehead atoms. The minimum atomic E-state index is -1.26. The minimum Gasteiger partial charge on any atom is -0.310 e. The molecule has 4 heterocycles. The van der Waals surface area contributed by atoms with Crippen LogP contribution in [0.25, 0.3) is 77.2 Å². The summed E-state index contributed by atoms with van der Waals surface area (Å²) in [6.45, 7) is 5.84. The molecule has 12 aromatic carbocycles. The maximum absolute atomic E-state index is 9.67. The Morgan fingerprint density at radius 2 is 0.827 bits per heavy atom. The van der Waals surface area contributed by atoms with Crippen molar-refractivity contribution in [3.63, 3.8) is 0 Å². The Morgan fingerprint density at radius 1 is 0.395 bits per heavy atom. The lowest BCUT2D eigenvalue weighted by atomic mass is 9.29. The Labute approximate surface area is 495 Å². The molecule has 0 amide bonds. The van der Waals surface area contributed by atoms with Gasteiger partial charge in [0.15, 0.2) is 0 Å². The summed E-state index contributed by atoms with van der Waals surface area (Å²) in [4.78, 5) is 2.31. The third kappa shape index (κ3) is 6.96. The second-order valence-corrected chi connectivity index (χ2v) is 22.0. The largest absolute Gasteiger partial charge is 0.310 e. The Bertz CT molecular complexity index is 5520. The van der Waals surface area contributed by atoms with Gasteiger partial charge in [-0.2, -0.15) is 0 Å². The third-order valence-electron chi connectivity index (χ3n) is 16.7. The number of fused-ring (bicyclic) bond motifs is 10. The van der Waals surface area contributed by atoms with Gasteiger partial charge in [0.2, 0.25) is 6.71 Å².